The Hall–Kier alpha value is -2.60. The van der Waals surface area contributed by atoms with Gasteiger partial charge in [0.15, 0.2) is 0 Å². The van der Waals surface area contributed by atoms with Crippen LogP contribution in [0.3, 0.4) is 0 Å². The highest BCUT2D eigenvalue weighted by atomic mass is 19.1. The maximum Gasteiger partial charge on any atom is 0.257 e. The molecule has 144 valence electrons. The second-order valence-electron chi connectivity index (χ2n) is 6.63. The zero-order chi connectivity index (χ0) is 19.4. The summed E-state index contributed by atoms with van der Waals surface area (Å²) in [5, 5.41) is 0. The van der Waals surface area contributed by atoms with Crippen LogP contribution in [0.1, 0.15) is 28.9 Å². The first-order valence-electron chi connectivity index (χ1n) is 9.04. The van der Waals surface area contributed by atoms with E-state index in [0.717, 1.165) is 18.8 Å². The van der Waals surface area contributed by atoms with Crippen LogP contribution in [0.2, 0.25) is 0 Å². The molecule has 5 nitrogen and oxygen atoms in total. The Kier molecular flexibility index (Phi) is 5.96. The maximum atomic E-state index is 13.6. The van der Waals surface area contributed by atoms with Crippen molar-refractivity contribution in [2.75, 3.05) is 40.4 Å². The third-order valence-electron chi connectivity index (χ3n) is 5.12. The summed E-state index contributed by atoms with van der Waals surface area (Å²) in [6.07, 6.45) is 0. The number of ether oxygens (including phenoxy) is 2. The van der Waals surface area contributed by atoms with Crippen LogP contribution in [0.25, 0.3) is 0 Å². The van der Waals surface area contributed by atoms with Crippen LogP contribution >= 0.6 is 0 Å². The number of rotatable bonds is 5. The van der Waals surface area contributed by atoms with Crippen molar-refractivity contribution < 1.29 is 18.7 Å². The molecule has 0 bridgehead atoms. The van der Waals surface area contributed by atoms with Gasteiger partial charge in [-0.3, -0.25) is 9.69 Å². The predicted octanol–water partition coefficient (Wildman–Crippen LogP) is 3.36. The molecule has 0 N–H and O–H groups in total. The molecular formula is C21H25FN2O3. The minimum atomic E-state index is -0.440. The normalized spacial score (nSPS) is 16.1. The van der Waals surface area contributed by atoms with Crippen LogP contribution < -0.4 is 9.47 Å². The molecule has 3 rings (SSSR count). The summed E-state index contributed by atoms with van der Waals surface area (Å²) in [5.74, 6) is 0.601. The van der Waals surface area contributed by atoms with Crippen LogP contribution in [-0.4, -0.2) is 56.1 Å². The van der Waals surface area contributed by atoms with Crippen molar-refractivity contribution in [3.05, 3.63) is 59.4 Å². The van der Waals surface area contributed by atoms with Gasteiger partial charge in [0.05, 0.1) is 19.8 Å². The lowest BCUT2D eigenvalue weighted by molar-refractivity contribution is 0.0578. The minimum absolute atomic E-state index is 0.194. The number of methoxy groups -OCH3 is 2. The van der Waals surface area contributed by atoms with Gasteiger partial charge in [-0.2, -0.15) is 0 Å². The summed E-state index contributed by atoms with van der Waals surface area (Å²) in [7, 11) is 3.15. The van der Waals surface area contributed by atoms with Crippen LogP contribution in [0.5, 0.6) is 11.5 Å². The zero-order valence-corrected chi connectivity index (χ0v) is 15.9. The largest absolute Gasteiger partial charge is 0.497 e. The van der Waals surface area contributed by atoms with Crippen LogP contribution in [-0.2, 0) is 0 Å². The van der Waals surface area contributed by atoms with E-state index in [2.05, 4.69) is 17.9 Å². The van der Waals surface area contributed by atoms with Gasteiger partial charge in [0.25, 0.3) is 5.91 Å². The number of carbonyl (C=O) groups excluding carboxylic acids is 1. The number of amides is 1. The molecule has 0 spiro atoms. The Morgan fingerprint density at radius 3 is 2.44 bits per heavy atom. The minimum Gasteiger partial charge on any atom is -0.497 e. The highest BCUT2D eigenvalue weighted by Crippen LogP contribution is 2.26. The topological polar surface area (TPSA) is 42.0 Å². The molecule has 1 amide bonds. The molecule has 1 unspecified atom stereocenters. The smallest absolute Gasteiger partial charge is 0.257 e. The summed E-state index contributed by atoms with van der Waals surface area (Å²) in [6.45, 7) is 4.84. The predicted molar refractivity (Wildman–Crippen MR) is 102 cm³/mol. The first-order chi connectivity index (χ1) is 13.0. The van der Waals surface area contributed by atoms with Gasteiger partial charge in [0, 0.05) is 32.2 Å². The summed E-state index contributed by atoms with van der Waals surface area (Å²) >= 11 is 0. The standard InChI is InChI=1S/C21H25FN2O3/c1-15(16-5-4-6-18(13-16)26-2)23-9-11-24(12-10-23)21(25)19-14-17(22)7-8-20(19)27-3/h4-8,13-15H,9-12H2,1-3H3. The molecule has 2 aromatic carbocycles. The van der Waals surface area contributed by atoms with Gasteiger partial charge in [0.2, 0.25) is 0 Å². The van der Waals surface area contributed by atoms with Crippen molar-refractivity contribution >= 4 is 5.91 Å². The molecule has 1 saturated heterocycles. The zero-order valence-electron chi connectivity index (χ0n) is 15.9. The van der Waals surface area contributed by atoms with Gasteiger partial charge >= 0.3 is 0 Å². The van der Waals surface area contributed by atoms with E-state index in [9.17, 15) is 9.18 Å². The quantitative estimate of drug-likeness (QED) is 0.807. The monoisotopic (exact) mass is 372 g/mol. The molecule has 2 aromatic rings. The molecule has 0 saturated carbocycles. The van der Waals surface area contributed by atoms with Gasteiger partial charge in [-0.1, -0.05) is 12.1 Å². The molecule has 1 aliphatic rings. The van der Waals surface area contributed by atoms with Crippen molar-refractivity contribution in [3.63, 3.8) is 0 Å². The van der Waals surface area contributed by atoms with Crippen molar-refractivity contribution in [2.45, 2.75) is 13.0 Å². The van der Waals surface area contributed by atoms with Crippen LogP contribution in [0, 0.1) is 5.82 Å². The van der Waals surface area contributed by atoms with Crippen LogP contribution in [0.15, 0.2) is 42.5 Å². The highest BCUT2D eigenvalue weighted by Gasteiger charge is 2.27. The Balaban J connectivity index is 1.66. The fourth-order valence-electron chi connectivity index (χ4n) is 3.44. The highest BCUT2D eigenvalue weighted by molar-refractivity contribution is 5.97. The van der Waals surface area contributed by atoms with Gasteiger partial charge < -0.3 is 14.4 Å². The summed E-state index contributed by atoms with van der Waals surface area (Å²) < 4.78 is 24.1. The summed E-state index contributed by atoms with van der Waals surface area (Å²) in [4.78, 5) is 16.9. The van der Waals surface area contributed by atoms with E-state index in [1.165, 1.54) is 30.9 Å². The van der Waals surface area contributed by atoms with E-state index in [4.69, 9.17) is 9.47 Å². The van der Waals surface area contributed by atoms with E-state index in [-0.39, 0.29) is 17.5 Å². The number of hydrogen-bond acceptors (Lipinski definition) is 4. The molecule has 1 fully saturated rings. The van der Waals surface area contributed by atoms with Gasteiger partial charge in [-0.25, -0.2) is 4.39 Å². The van der Waals surface area contributed by atoms with Crippen molar-refractivity contribution in [2.24, 2.45) is 0 Å². The first-order valence-corrected chi connectivity index (χ1v) is 9.04. The number of carbonyl (C=O) groups is 1. The van der Waals surface area contributed by atoms with Gasteiger partial charge in [0.1, 0.15) is 17.3 Å². The Labute approximate surface area is 159 Å². The number of piperazine rings is 1. The van der Waals surface area contributed by atoms with Crippen molar-refractivity contribution in [3.8, 4) is 11.5 Å². The van der Waals surface area contributed by atoms with Gasteiger partial charge in [-0.05, 0) is 42.8 Å². The third-order valence-corrected chi connectivity index (χ3v) is 5.12. The lowest BCUT2D eigenvalue weighted by Crippen LogP contribution is -2.49. The van der Waals surface area contributed by atoms with E-state index in [0.29, 0.717) is 18.8 Å². The average molecular weight is 372 g/mol. The van der Waals surface area contributed by atoms with E-state index in [1.807, 2.05) is 18.2 Å². The van der Waals surface area contributed by atoms with Gasteiger partial charge in [-0.15, -0.1) is 0 Å². The lowest BCUT2D eigenvalue weighted by atomic mass is 10.1. The molecule has 1 aliphatic heterocycles. The van der Waals surface area contributed by atoms with Crippen molar-refractivity contribution in [1.82, 2.24) is 9.80 Å². The Bertz CT molecular complexity index is 804. The second-order valence-corrected chi connectivity index (χ2v) is 6.63. The van der Waals surface area contributed by atoms with Crippen molar-refractivity contribution in [1.29, 1.82) is 0 Å². The van der Waals surface area contributed by atoms with E-state index in [1.54, 1.807) is 12.0 Å². The molecule has 0 aliphatic carbocycles. The molecular weight excluding hydrogens is 347 g/mol. The molecule has 1 atom stereocenters. The molecule has 6 heteroatoms. The number of benzene rings is 2. The lowest BCUT2D eigenvalue weighted by Gasteiger charge is -2.38. The SMILES string of the molecule is COc1cccc(C(C)N2CCN(C(=O)c3cc(F)ccc3OC)CC2)c1. The van der Waals surface area contributed by atoms with E-state index < -0.39 is 5.82 Å². The molecule has 1 heterocycles. The van der Waals surface area contributed by atoms with Crippen LogP contribution in [0.4, 0.5) is 4.39 Å². The van der Waals surface area contributed by atoms with E-state index >= 15 is 0 Å². The molecule has 0 aromatic heterocycles. The Morgan fingerprint density at radius 2 is 1.78 bits per heavy atom. The number of halogens is 1. The fraction of sp³-hybridized carbons (Fsp3) is 0.381. The number of nitrogens with zero attached hydrogens (tertiary/aromatic N) is 2. The first kappa shape index (κ1) is 19.2. The maximum absolute atomic E-state index is 13.6. The molecule has 27 heavy (non-hydrogen) atoms. The molecule has 0 radical (unpaired) electrons. The Morgan fingerprint density at radius 1 is 1.04 bits per heavy atom. The third kappa shape index (κ3) is 4.22. The summed E-state index contributed by atoms with van der Waals surface area (Å²) in [6, 6.07) is 12.3. The number of hydrogen-bond donors (Lipinski definition) is 0. The summed E-state index contributed by atoms with van der Waals surface area (Å²) in [5.41, 5.74) is 1.45. The average Bonchev–Trinajstić information content (AvgIpc) is 2.72. The second kappa shape index (κ2) is 8.39. The fourth-order valence-corrected chi connectivity index (χ4v) is 3.44.